The smallest absolute Gasteiger partial charge is 0.193 e. The Morgan fingerprint density at radius 1 is 1.30 bits per heavy atom. The zero-order valence-electron chi connectivity index (χ0n) is 18.4. The zero-order valence-corrected chi connectivity index (χ0v) is 19.3. The number of rotatable bonds is 7. The molecule has 0 amide bonds. The molecule has 1 aliphatic heterocycles. The molecule has 2 aromatic rings. The van der Waals surface area contributed by atoms with Crippen LogP contribution in [-0.4, -0.2) is 35.4 Å². The minimum Gasteiger partial charge on any atom is -0.508 e. The second-order valence-corrected chi connectivity index (χ2v) is 9.72. The molecule has 2 heterocycles. The van der Waals surface area contributed by atoms with Gasteiger partial charge in [0.2, 0.25) is 0 Å². The highest BCUT2D eigenvalue weighted by molar-refractivity contribution is 7.98. The minimum absolute atomic E-state index is 0.0607. The van der Waals surface area contributed by atoms with E-state index in [0.717, 1.165) is 41.2 Å². The Morgan fingerprint density at radius 2 is 2.03 bits per heavy atom. The molecule has 6 heteroatoms. The lowest BCUT2D eigenvalue weighted by molar-refractivity contribution is 0.236. The molecule has 162 valence electrons. The normalized spacial score (nSPS) is 15.3. The molecule has 0 fully saturated rings. The number of methoxy groups -OCH3 is 1. The molecule has 1 unspecified atom stereocenters. The van der Waals surface area contributed by atoms with Gasteiger partial charge >= 0.3 is 0 Å². The highest BCUT2D eigenvalue weighted by atomic mass is 32.2. The molecule has 0 spiro atoms. The van der Waals surface area contributed by atoms with Crippen LogP contribution >= 0.6 is 11.8 Å². The summed E-state index contributed by atoms with van der Waals surface area (Å²) >= 11 is 1.80. The fourth-order valence-corrected chi connectivity index (χ4v) is 4.34. The van der Waals surface area contributed by atoms with Crippen LogP contribution in [0.3, 0.4) is 0 Å². The van der Waals surface area contributed by atoms with Crippen LogP contribution in [0.1, 0.15) is 44.4 Å². The molecule has 0 saturated heterocycles. The van der Waals surface area contributed by atoms with Gasteiger partial charge < -0.3 is 19.1 Å². The molecule has 1 aromatic heterocycles. The highest BCUT2D eigenvalue weighted by Gasteiger charge is 2.34. The molecule has 0 bridgehead atoms. The number of ether oxygens (including phenoxy) is 2. The first kappa shape index (κ1) is 22.3. The Labute approximate surface area is 182 Å². The number of nitrogens with zero attached hydrogens (tertiary/aromatic N) is 1. The lowest BCUT2D eigenvalue weighted by atomic mass is 9.78. The maximum Gasteiger partial charge on any atom is 0.193 e. The fraction of sp³-hybridized carbons (Fsp3) is 0.458. The minimum atomic E-state index is -0.245. The average Bonchev–Trinajstić information content (AvgIpc) is 2.68. The summed E-state index contributed by atoms with van der Waals surface area (Å²) in [7, 11) is 1.63. The number of thioether (sulfide) groups is 1. The van der Waals surface area contributed by atoms with Gasteiger partial charge in [-0.05, 0) is 48.0 Å². The van der Waals surface area contributed by atoms with Gasteiger partial charge in [0, 0.05) is 23.9 Å². The molecule has 3 rings (SSSR count). The molecule has 1 aliphatic rings. The van der Waals surface area contributed by atoms with Crippen molar-refractivity contribution in [3.05, 3.63) is 52.3 Å². The third-order valence-corrected chi connectivity index (χ3v) is 6.25. The van der Waals surface area contributed by atoms with E-state index in [-0.39, 0.29) is 28.2 Å². The lowest BCUT2D eigenvalue weighted by Crippen LogP contribution is -2.32. The third kappa shape index (κ3) is 4.38. The first-order chi connectivity index (χ1) is 14.2. The van der Waals surface area contributed by atoms with Gasteiger partial charge in [0.15, 0.2) is 16.9 Å². The van der Waals surface area contributed by atoms with Gasteiger partial charge in [-0.25, -0.2) is 0 Å². The van der Waals surface area contributed by atoms with Crippen LogP contribution in [0.25, 0.3) is 17.0 Å². The van der Waals surface area contributed by atoms with Gasteiger partial charge in [0.05, 0.1) is 25.0 Å². The van der Waals surface area contributed by atoms with E-state index < -0.39 is 0 Å². The van der Waals surface area contributed by atoms with E-state index in [1.165, 1.54) is 0 Å². The Kier molecular flexibility index (Phi) is 6.56. The molecule has 5 nitrogen and oxygen atoms in total. The number of fused-ring (bicyclic) bond motifs is 3. The predicted octanol–water partition coefficient (Wildman–Crippen LogP) is 5.33. The van der Waals surface area contributed by atoms with E-state index in [1.807, 2.05) is 6.07 Å². The molecular weight excluding hydrogens is 398 g/mol. The summed E-state index contributed by atoms with van der Waals surface area (Å²) in [6.07, 6.45) is 5.58. The molecule has 0 aliphatic carbocycles. The number of hydrogen-bond acceptors (Lipinski definition) is 5. The van der Waals surface area contributed by atoms with Crippen LogP contribution in [0.5, 0.6) is 11.5 Å². The van der Waals surface area contributed by atoms with E-state index in [1.54, 1.807) is 31.1 Å². The Hall–Kier alpha value is -2.34. The highest BCUT2D eigenvalue weighted by Crippen LogP contribution is 2.45. The van der Waals surface area contributed by atoms with Crippen LogP contribution in [0.15, 0.2) is 35.8 Å². The van der Waals surface area contributed by atoms with Crippen molar-refractivity contribution in [3.8, 4) is 22.8 Å². The topological polar surface area (TPSA) is 60.7 Å². The van der Waals surface area contributed by atoms with Crippen LogP contribution < -0.4 is 14.9 Å². The fourth-order valence-electron chi connectivity index (χ4n) is 3.94. The summed E-state index contributed by atoms with van der Waals surface area (Å²) in [5.74, 6) is 2.23. The number of pyridine rings is 1. The largest absolute Gasteiger partial charge is 0.508 e. The van der Waals surface area contributed by atoms with Crippen molar-refractivity contribution < 1.29 is 14.6 Å². The van der Waals surface area contributed by atoms with Crippen molar-refractivity contribution in [2.75, 3.05) is 25.7 Å². The Balaban J connectivity index is 2.14. The van der Waals surface area contributed by atoms with Gasteiger partial charge in [-0.2, -0.15) is 11.8 Å². The van der Waals surface area contributed by atoms with E-state index in [0.29, 0.717) is 12.4 Å². The van der Waals surface area contributed by atoms with Crippen molar-refractivity contribution in [2.45, 2.75) is 39.7 Å². The van der Waals surface area contributed by atoms with Crippen LogP contribution in [0.2, 0.25) is 0 Å². The molecular formula is C24H31NO4S. The standard InChI is InChI=1S/C24H31NO4S/c1-15(26)18-14-25-19(13-20(18)27)17-12-21(28-5)22(29-8-7-9-30-6)10-16(17)11-23(25)24(2,3)4/h10,12-14,23,26H,1,7-9,11H2,2-6H3. The van der Waals surface area contributed by atoms with Gasteiger partial charge in [-0.15, -0.1) is 0 Å². The molecule has 1 aromatic carbocycles. The van der Waals surface area contributed by atoms with E-state index >= 15 is 0 Å². The molecule has 0 radical (unpaired) electrons. The maximum atomic E-state index is 12.6. The molecule has 0 saturated carbocycles. The van der Waals surface area contributed by atoms with Crippen LogP contribution in [0, 0.1) is 5.41 Å². The monoisotopic (exact) mass is 429 g/mol. The number of aromatic nitrogens is 1. The van der Waals surface area contributed by atoms with Gasteiger partial charge in [-0.3, -0.25) is 4.79 Å². The lowest BCUT2D eigenvalue weighted by Gasteiger charge is -2.39. The van der Waals surface area contributed by atoms with E-state index in [4.69, 9.17) is 9.47 Å². The number of aliphatic hydroxyl groups excluding tert-OH is 1. The first-order valence-corrected chi connectivity index (χ1v) is 11.5. The first-order valence-electron chi connectivity index (χ1n) is 10.1. The summed E-state index contributed by atoms with van der Waals surface area (Å²) in [6.45, 7) is 10.7. The number of aliphatic hydroxyl groups is 1. The third-order valence-electron chi connectivity index (χ3n) is 5.56. The number of benzene rings is 1. The average molecular weight is 430 g/mol. The molecule has 1 N–H and O–H groups in total. The second kappa shape index (κ2) is 8.80. The summed E-state index contributed by atoms with van der Waals surface area (Å²) in [6, 6.07) is 5.71. The maximum absolute atomic E-state index is 12.6. The van der Waals surface area contributed by atoms with Gasteiger partial charge in [0.25, 0.3) is 0 Å². The molecule has 30 heavy (non-hydrogen) atoms. The summed E-state index contributed by atoms with van der Waals surface area (Å²) in [4.78, 5) is 12.6. The Morgan fingerprint density at radius 3 is 2.63 bits per heavy atom. The van der Waals surface area contributed by atoms with Crippen LogP contribution in [0.4, 0.5) is 0 Å². The van der Waals surface area contributed by atoms with E-state index in [9.17, 15) is 9.90 Å². The predicted molar refractivity (Wildman–Crippen MR) is 125 cm³/mol. The summed E-state index contributed by atoms with van der Waals surface area (Å²) in [5.41, 5.74) is 2.83. The second-order valence-electron chi connectivity index (χ2n) is 8.73. The Bertz CT molecular complexity index is 1000. The van der Waals surface area contributed by atoms with Crippen molar-refractivity contribution in [1.82, 2.24) is 4.57 Å². The van der Waals surface area contributed by atoms with Crippen molar-refractivity contribution in [3.63, 3.8) is 0 Å². The quantitative estimate of drug-likeness (QED) is 0.476. The van der Waals surface area contributed by atoms with Crippen molar-refractivity contribution >= 4 is 17.5 Å². The van der Waals surface area contributed by atoms with Crippen LogP contribution in [-0.2, 0) is 6.42 Å². The number of hydrogen-bond donors (Lipinski definition) is 1. The van der Waals surface area contributed by atoms with Gasteiger partial charge in [-0.1, -0.05) is 27.4 Å². The van der Waals surface area contributed by atoms with Gasteiger partial charge in [0.1, 0.15) is 5.76 Å². The van der Waals surface area contributed by atoms with Crippen molar-refractivity contribution in [1.29, 1.82) is 0 Å². The van der Waals surface area contributed by atoms with E-state index in [2.05, 4.69) is 44.2 Å². The summed E-state index contributed by atoms with van der Waals surface area (Å²) in [5, 5.41) is 9.88. The zero-order chi connectivity index (χ0) is 22.1. The molecule has 1 atom stereocenters. The summed E-state index contributed by atoms with van der Waals surface area (Å²) < 4.78 is 13.7. The SMILES string of the molecule is C=C(O)c1cn2c(cc1=O)-c1cc(OC)c(OCCCSC)cc1CC2C(C)(C)C. The van der Waals surface area contributed by atoms with Crippen molar-refractivity contribution in [2.24, 2.45) is 5.41 Å².